The first-order valence-electron chi connectivity index (χ1n) is 6.18. The summed E-state index contributed by atoms with van der Waals surface area (Å²) in [5, 5.41) is 4.11. The molecule has 0 aliphatic carbocycles. The maximum atomic E-state index is 5.91. The van der Waals surface area contributed by atoms with E-state index in [0.29, 0.717) is 5.88 Å². The highest BCUT2D eigenvalue weighted by molar-refractivity contribution is 5.75. The fourth-order valence-corrected chi connectivity index (χ4v) is 2.07. The summed E-state index contributed by atoms with van der Waals surface area (Å²) in [6.45, 7) is 8.60. The number of anilines is 1. The van der Waals surface area contributed by atoms with Crippen molar-refractivity contribution in [2.24, 2.45) is 5.41 Å². The fourth-order valence-electron chi connectivity index (χ4n) is 2.07. The number of nitrogens with two attached hydrogens (primary N) is 1. The molecule has 0 saturated carbocycles. The Balaban J connectivity index is 2.47. The van der Waals surface area contributed by atoms with Crippen molar-refractivity contribution in [1.29, 1.82) is 0 Å². The minimum absolute atomic E-state index is 0.155. The van der Waals surface area contributed by atoms with E-state index < -0.39 is 0 Å². The Hall–Kier alpha value is -1.77. The Morgan fingerprint density at radius 1 is 1.28 bits per heavy atom. The third kappa shape index (κ3) is 2.73. The molecule has 1 aromatic heterocycles. The van der Waals surface area contributed by atoms with Gasteiger partial charge in [0.2, 0.25) is 5.88 Å². The molecule has 0 unspecified atom stereocenters. The van der Waals surface area contributed by atoms with Gasteiger partial charge in [0.25, 0.3) is 0 Å². The predicted molar refractivity (Wildman–Crippen MR) is 74.2 cm³/mol. The summed E-state index contributed by atoms with van der Waals surface area (Å²) in [5.74, 6) is 0.403. The summed E-state index contributed by atoms with van der Waals surface area (Å²) in [7, 11) is 0. The zero-order chi connectivity index (χ0) is 13.3. The number of aryl methyl sites for hydroxylation is 1. The van der Waals surface area contributed by atoms with Gasteiger partial charge in [-0.05, 0) is 24.3 Å². The molecule has 0 radical (unpaired) electrons. The molecule has 0 saturated heterocycles. The standard InChI is InChI=1S/C15H20N2O/c1-10-6-5-7-11(8-10)13-12(9-15(2,3)4)17-18-14(13)16/h5-8H,9,16H2,1-4H3. The predicted octanol–water partition coefficient (Wildman–Crippen LogP) is 3.82. The van der Waals surface area contributed by atoms with Crippen LogP contribution in [0, 0.1) is 12.3 Å². The summed E-state index contributed by atoms with van der Waals surface area (Å²) in [4.78, 5) is 0. The van der Waals surface area contributed by atoms with Gasteiger partial charge in [-0.2, -0.15) is 0 Å². The van der Waals surface area contributed by atoms with Crippen LogP contribution in [0.3, 0.4) is 0 Å². The summed E-state index contributed by atoms with van der Waals surface area (Å²) in [5.41, 5.74) is 10.2. The van der Waals surface area contributed by atoms with Crippen molar-refractivity contribution in [1.82, 2.24) is 5.16 Å². The number of hydrogen-bond donors (Lipinski definition) is 1. The summed E-state index contributed by atoms with van der Waals surface area (Å²) >= 11 is 0. The Morgan fingerprint density at radius 2 is 2.00 bits per heavy atom. The molecule has 0 aliphatic heterocycles. The first-order chi connectivity index (χ1) is 8.37. The van der Waals surface area contributed by atoms with Crippen LogP contribution >= 0.6 is 0 Å². The van der Waals surface area contributed by atoms with E-state index in [4.69, 9.17) is 10.3 Å². The van der Waals surface area contributed by atoms with Gasteiger partial charge < -0.3 is 10.3 Å². The highest BCUT2D eigenvalue weighted by Gasteiger charge is 2.21. The quantitative estimate of drug-likeness (QED) is 0.873. The summed E-state index contributed by atoms with van der Waals surface area (Å²) < 4.78 is 5.16. The number of nitrogen functional groups attached to an aromatic ring is 1. The SMILES string of the molecule is Cc1cccc(-c2c(CC(C)(C)C)noc2N)c1. The largest absolute Gasteiger partial charge is 0.367 e. The van der Waals surface area contributed by atoms with Crippen molar-refractivity contribution >= 4 is 5.88 Å². The Labute approximate surface area is 108 Å². The Bertz CT molecular complexity index is 550. The van der Waals surface area contributed by atoms with Gasteiger partial charge in [0, 0.05) is 0 Å². The van der Waals surface area contributed by atoms with Crippen LogP contribution in [0.5, 0.6) is 0 Å². The van der Waals surface area contributed by atoms with E-state index in [0.717, 1.165) is 23.2 Å². The molecule has 0 spiro atoms. The van der Waals surface area contributed by atoms with Gasteiger partial charge in [0.05, 0.1) is 11.3 Å². The van der Waals surface area contributed by atoms with Crippen LogP contribution in [-0.4, -0.2) is 5.16 Å². The van der Waals surface area contributed by atoms with Crippen LogP contribution in [0.2, 0.25) is 0 Å². The molecule has 0 fully saturated rings. The molecule has 3 heteroatoms. The molecular weight excluding hydrogens is 224 g/mol. The lowest BCUT2D eigenvalue weighted by molar-refractivity contribution is 0.377. The molecular formula is C15H20N2O. The maximum absolute atomic E-state index is 5.91. The molecule has 3 nitrogen and oxygen atoms in total. The second-order valence-corrected chi connectivity index (χ2v) is 5.98. The van der Waals surface area contributed by atoms with Gasteiger partial charge in [0.1, 0.15) is 0 Å². The van der Waals surface area contributed by atoms with E-state index in [1.807, 2.05) is 12.1 Å². The van der Waals surface area contributed by atoms with Gasteiger partial charge in [-0.25, -0.2) is 0 Å². The highest BCUT2D eigenvalue weighted by Crippen LogP contribution is 2.33. The maximum Gasteiger partial charge on any atom is 0.230 e. The molecule has 1 aromatic carbocycles. The van der Waals surface area contributed by atoms with Gasteiger partial charge in [0.15, 0.2) is 0 Å². The van der Waals surface area contributed by atoms with Crippen LogP contribution in [0.25, 0.3) is 11.1 Å². The molecule has 0 atom stereocenters. The fraction of sp³-hybridized carbons (Fsp3) is 0.400. The lowest BCUT2D eigenvalue weighted by Gasteiger charge is -2.16. The Morgan fingerprint density at radius 3 is 2.61 bits per heavy atom. The number of aromatic nitrogens is 1. The molecule has 0 bridgehead atoms. The van der Waals surface area contributed by atoms with Crippen LogP contribution in [-0.2, 0) is 6.42 Å². The van der Waals surface area contributed by atoms with Crippen molar-refractivity contribution in [2.75, 3.05) is 5.73 Å². The molecule has 0 aliphatic rings. The van der Waals surface area contributed by atoms with Gasteiger partial charge in [-0.3, -0.25) is 0 Å². The molecule has 2 N–H and O–H groups in total. The number of rotatable bonds is 2. The van der Waals surface area contributed by atoms with Gasteiger partial charge in [-0.1, -0.05) is 55.8 Å². The first kappa shape index (κ1) is 12.7. The van der Waals surface area contributed by atoms with Crippen molar-refractivity contribution in [2.45, 2.75) is 34.1 Å². The summed E-state index contributed by atoms with van der Waals surface area (Å²) in [6, 6.07) is 8.24. The molecule has 0 amide bonds. The van der Waals surface area contributed by atoms with E-state index in [-0.39, 0.29) is 5.41 Å². The summed E-state index contributed by atoms with van der Waals surface area (Å²) in [6.07, 6.45) is 0.844. The van der Waals surface area contributed by atoms with E-state index in [2.05, 4.69) is 45.0 Å². The zero-order valence-corrected chi connectivity index (χ0v) is 11.4. The average molecular weight is 244 g/mol. The molecule has 2 aromatic rings. The monoisotopic (exact) mass is 244 g/mol. The third-order valence-electron chi connectivity index (χ3n) is 2.79. The van der Waals surface area contributed by atoms with Crippen molar-refractivity contribution < 1.29 is 4.52 Å². The minimum atomic E-state index is 0.155. The van der Waals surface area contributed by atoms with E-state index in [1.54, 1.807) is 0 Å². The van der Waals surface area contributed by atoms with Crippen molar-refractivity contribution in [3.8, 4) is 11.1 Å². The van der Waals surface area contributed by atoms with Gasteiger partial charge in [-0.15, -0.1) is 0 Å². The smallest absolute Gasteiger partial charge is 0.230 e. The molecule has 18 heavy (non-hydrogen) atoms. The van der Waals surface area contributed by atoms with E-state index in [1.165, 1.54) is 5.56 Å². The average Bonchev–Trinajstić information content (AvgIpc) is 2.57. The van der Waals surface area contributed by atoms with E-state index >= 15 is 0 Å². The molecule has 1 heterocycles. The highest BCUT2D eigenvalue weighted by atomic mass is 16.5. The zero-order valence-electron chi connectivity index (χ0n) is 11.4. The minimum Gasteiger partial charge on any atom is -0.367 e. The second-order valence-electron chi connectivity index (χ2n) is 5.98. The topological polar surface area (TPSA) is 52.0 Å². The Kier molecular flexibility index (Phi) is 3.16. The number of benzene rings is 1. The third-order valence-corrected chi connectivity index (χ3v) is 2.79. The lowest BCUT2D eigenvalue weighted by atomic mass is 9.88. The van der Waals surface area contributed by atoms with Crippen molar-refractivity contribution in [3.63, 3.8) is 0 Å². The van der Waals surface area contributed by atoms with Crippen LogP contribution < -0.4 is 5.73 Å². The van der Waals surface area contributed by atoms with Crippen LogP contribution in [0.4, 0.5) is 5.88 Å². The number of nitrogens with zero attached hydrogens (tertiary/aromatic N) is 1. The normalized spacial score (nSPS) is 11.8. The molecule has 96 valence electrons. The number of hydrogen-bond acceptors (Lipinski definition) is 3. The van der Waals surface area contributed by atoms with Crippen LogP contribution in [0.1, 0.15) is 32.0 Å². The lowest BCUT2D eigenvalue weighted by Crippen LogP contribution is -2.10. The first-order valence-corrected chi connectivity index (χ1v) is 6.18. The molecule has 2 rings (SSSR count). The van der Waals surface area contributed by atoms with Crippen LogP contribution in [0.15, 0.2) is 28.8 Å². The second kappa shape index (κ2) is 4.48. The van der Waals surface area contributed by atoms with Gasteiger partial charge >= 0.3 is 0 Å². The van der Waals surface area contributed by atoms with E-state index in [9.17, 15) is 0 Å². The van der Waals surface area contributed by atoms with Crippen molar-refractivity contribution in [3.05, 3.63) is 35.5 Å².